The Morgan fingerprint density at radius 2 is 2.40 bits per heavy atom. The number of carbonyl (C=O) groups excluding carboxylic acids is 1. The Morgan fingerprint density at radius 3 is 3.07 bits per heavy atom. The predicted molar refractivity (Wildman–Crippen MR) is 54.4 cm³/mol. The summed E-state index contributed by atoms with van der Waals surface area (Å²) >= 11 is 0. The van der Waals surface area contributed by atoms with Crippen LogP contribution in [0.2, 0.25) is 0 Å². The summed E-state index contributed by atoms with van der Waals surface area (Å²) in [5.41, 5.74) is 2.23. The van der Waals surface area contributed by atoms with Gasteiger partial charge in [-0.2, -0.15) is 0 Å². The molecule has 1 aromatic rings. The summed E-state index contributed by atoms with van der Waals surface area (Å²) in [6.45, 7) is 0.000368. The van der Waals surface area contributed by atoms with Gasteiger partial charge in [0.15, 0.2) is 0 Å². The number of esters is 1. The minimum atomic E-state index is -0.432. The van der Waals surface area contributed by atoms with Crippen molar-refractivity contribution in [1.29, 1.82) is 5.26 Å². The third-order valence-electron chi connectivity index (χ3n) is 2.55. The number of fused-ring (bicyclic) bond motifs is 1. The molecule has 1 aliphatic heterocycles. The molecule has 1 aromatic heterocycles. The van der Waals surface area contributed by atoms with E-state index in [0.717, 1.165) is 17.6 Å². The number of ether oxygens (including phenoxy) is 1. The Labute approximate surface area is 88.0 Å². The smallest absolute Gasteiger partial charge is 0.356 e. The van der Waals surface area contributed by atoms with Gasteiger partial charge in [0, 0.05) is 11.7 Å². The molecule has 1 aliphatic rings. The zero-order valence-electron chi connectivity index (χ0n) is 8.36. The first-order chi connectivity index (χ1) is 7.24. The summed E-state index contributed by atoms with van der Waals surface area (Å²) in [6, 6.07) is 3.50. The van der Waals surface area contributed by atoms with Gasteiger partial charge in [-0.3, -0.25) is 0 Å². The number of hydrogen-bond donors (Lipinski definition) is 0. The van der Waals surface area contributed by atoms with Crippen LogP contribution in [0.1, 0.15) is 21.7 Å². The van der Waals surface area contributed by atoms with Gasteiger partial charge in [-0.1, -0.05) is 6.07 Å². The molecule has 0 aliphatic carbocycles. The topological polar surface area (TPSA) is 63.0 Å². The van der Waals surface area contributed by atoms with Gasteiger partial charge in [0.25, 0.3) is 6.71 Å². The summed E-state index contributed by atoms with van der Waals surface area (Å²) in [5.74, 6) is 1.79. The van der Waals surface area contributed by atoms with Crippen LogP contribution in [-0.2, 0) is 17.4 Å². The third-order valence-corrected chi connectivity index (χ3v) is 2.55. The van der Waals surface area contributed by atoms with Gasteiger partial charge in [0.05, 0.1) is 7.11 Å². The molecular weight excluding hydrogens is 191 g/mol. The standard InChI is InChI=1S/C10H9BN2O2/c1-15-10(14)8-3-2-7-4-11(6-12)5-9(7)13-8/h2-3H,4-5H2,1H3. The van der Waals surface area contributed by atoms with Crippen LogP contribution in [0.4, 0.5) is 0 Å². The minimum absolute atomic E-state index is 0.000368. The predicted octanol–water partition coefficient (Wildman–Crippen LogP) is 0.603. The average Bonchev–Trinajstić information content (AvgIpc) is 2.69. The van der Waals surface area contributed by atoms with Crippen molar-refractivity contribution in [1.82, 2.24) is 4.98 Å². The van der Waals surface area contributed by atoms with E-state index in [1.165, 1.54) is 7.11 Å². The minimum Gasteiger partial charge on any atom is -0.464 e. The van der Waals surface area contributed by atoms with Crippen LogP contribution in [0.5, 0.6) is 0 Å². The van der Waals surface area contributed by atoms with Crippen molar-refractivity contribution in [2.45, 2.75) is 12.6 Å². The van der Waals surface area contributed by atoms with Crippen molar-refractivity contribution in [3.8, 4) is 5.97 Å². The van der Waals surface area contributed by atoms with Crippen LogP contribution in [0.3, 0.4) is 0 Å². The Bertz CT molecular complexity index is 453. The molecule has 0 N–H and O–H groups in total. The Morgan fingerprint density at radius 1 is 1.60 bits per heavy atom. The first-order valence-corrected chi connectivity index (χ1v) is 4.71. The lowest BCUT2D eigenvalue weighted by Gasteiger charge is -2.01. The number of carbonyl (C=O) groups is 1. The first kappa shape index (κ1) is 9.72. The van der Waals surface area contributed by atoms with E-state index in [0.29, 0.717) is 12.0 Å². The quantitative estimate of drug-likeness (QED) is 0.491. The molecular formula is C10H9BN2O2. The highest BCUT2D eigenvalue weighted by Gasteiger charge is 2.27. The lowest BCUT2D eigenvalue weighted by atomic mass is 9.49. The van der Waals surface area contributed by atoms with Gasteiger partial charge in [-0.25, -0.2) is 15.0 Å². The summed E-state index contributed by atoms with van der Waals surface area (Å²) < 4.78 is 4.58. The second kappa shape index (κ2) is 3.74. The van der Waals surface area contributed by atoms with Crippen molar-refractivity contribution in [2.24, 2.45) is 0 Å². The fraction of sp³-hybridized carbons (Fsp3) is 0.300. The van der Waals surface area contributed by atoms with Gasteiger partial charge < -0.3 is 4.74 Å². The van der Waals surface area contributed by atoms with E-state index in [1.807, 2.05) is 6.07 Å². The second-order valence-electron chi connectivity index (χ2n) is 3.53. The molecule has 0 bridgehead atoms. The lowest BCUT2D eigenvalue weighted by Crippen LogP contribution is -2.10. The highest BCUT2D eigenvalue weighted by Crippen LogP contribution is 2.19. The van der Waals surface area contributed by atoms with Gasteiger partial charge in [0.2, 0.25) is 0 Å². The van der Waals surface area contributed by atoms with Crippen molar-refractivity contribution >= 4 is 12.7 Å². The zero-order valence-corrected chi connectivity index (χ0v) is 8.36. The summed E-state index contributed by atoms with van der Waals surface area (Å²) in [5, 5.41) is 8.79. The molecule has 0 unspecified atom stereocenters. The molecule has 0 amide bonds. The molecule has 0 saturated carbocycles. The molecule has 0 aromatic carbocycles. The van der Waals surface area contributed by atoms with Crippen LogP contribution >= 0.6 is 0 Å². The number of nitrogens with zero attached hydrogens (tertiary/aromatic N) is 2. The van der Waals surface area contributed by atoms with E-state index in [1.54, 1.807) is 6.07 Å². The first-order valence-electron chi connectivity index (χ1n) is 4.71. The van der Waals surface area contributed by atoms with Crippen LogP contribution in [0, 0.1) is 11.2 Å². The highest BCUT2D eigenvalue weighted by molar-refractivity contribution is 6.66. The van der Waals surface area contributed by atoms with E-state index < -0.39 is 5.97 Å². The van der Waals surface area contributed by atoms with Crippen molar-refractivity contribution in [3.63, 3.8) is 0 Å². The fourth-order valence-electron chi connectivity index (χ4n) is 1.77. The van der Waals surface area contributed by atoms with Gasteiger partial charge in [-0.05, 0) is 24.3 Å². The van der Waals surface area contributed by atoms with E-state index >= 15 is 0 Å². The highest BCUT2D eigenvalue weighted by atomic mass is 16.5. The zero-order chi connectivity index (χ0) is 10.8. The molecule has 5 heteroatoms. The van der Waals surface area contributed by atoms with E-state index in [4.69, 9.17) is 5.26 Å². The van der Waals surface area contributed by atoms with E-state index in [9.17, 15) is 4.79 Å². The molecule has 0 spiro atoms. The monoisotopic (exact) mass is 200 g/mol. The molecule has 0 atom stereocenters. The Hall–Kier alpha value is -1.83. The summed E-state index contributed by atoms with van der Waals surface area (Å²) in [6.07, 6.45) is 1.37. The maximum absolute atomic E-state index is 11.2. The van der Waals surface area contributed by atoms with Gasteiger partial charge in [-0.15, -0.1) is 0 Å². The normalized spacial score (nSPS) is 13.2. The Balaban J connectivity index is 2.31. The number of pyridine rings is 1. The molecule has 0 saturated heterocycles. The van der Waals surface area contributed by atoms with Gasteiger partial charge in [0.1, 0.15) is 5.69 Å². The molecule has 0 fully saturated rings. The Kier molecular flexibility index (Phi) is 2.42. The number of nitriles is 1. The number of aromatic nitrogens is 1. The molecule has 0 radical (unpaired) electrons. The fourth-order valence-corrected chi connectivity index (χ4v) is 1.77. The molecule has 4 nitrogen and oxygen atoms in total. The number of hydrogen-bond acceptors (Lipinski definition) is 4. The summed E-state index contributed by atoms with van der Waals surface area (Å²) in [4.78, 5) is 15.4. The summed E-state index contributed by atoms with van der Waals surface area (Å²) in [7, 11) is 1.33. The molecule has 2 rings (SSSR count). The SMILES string of the molecule is COC(=O)c1ccc2c(n1)CB(C#N)C2. The second-order valence-corrected chi connectivity index (χ2v) is 3.53. The van der Waals surface area contributed by atoms with Crippen molar-refractivity contribution in [2.75, 3.05) is 7.11 Å². The van der Waals surface area contributed by atoms with Crippen LogP contribution in [0.25, 0.3) is 0 Å². The number of methoxy groups -OCH3 is 1. The van der Waals surface area contributed by atoms with E-state index in [2.05, 4.69) is 15.7 Å². The lowest BCUT2D eigenvalue weighted by molar-refractivity contribution is 0.0594. The van der Waals surface area contributed by atoms with Crippen LogP contribution < -0.4 is 0 Å². The van der Waals surface area contributed by atoms with Crippen LogP contribution in [-0.4, -0.2) is 24.8 Å². The number of rotatable bonds is 1. The van der Waals surface area contributed by atoms with Crippen molar-refractivity contribution in [3.05, 3.63) is 29.1 Å². The van der Waals surface area contributed by atoms with E-state index in [-0.39, 0.29) is 6.71 Å². The molecule has 15 heavy (non-hydrogen) atoms. The molecule has 74 valence electrons. The van der Waals surface area contributed by atoms with Gasteiger partial charge >= 0.3 is 5.97 Å². The van der Waals surface area contributed by atoms with Crippen LogP contribution in [0.15, 0.2) is 12.1 Å². The average molecular weight is 200 g/mol. The maximum atomic E-state index is 11.2. The van der Waals surface area contributed by atoms with Crippen molar-refractivity contribution < 1.29 is 9.53 Å². The maximum Gasteiger partial charge on any atom is 0.356 e. The third kappa shape index (κ3) is 1.71. The molecule has 2 heterocycles. The largest absolute Gasteiger partial charge is 0.464 e.